The molecule has 0 spiro atoms. The van der Waals surface area contributed by atoms with Crippen LogP contribution in [0.4, 0.5) is 0 Å². The van der Waals surface area contributed by atoms with Crippen molar-refractivity contribution in [3.8, 4) is 51.2 Å². The molecular weight excluding hydrogens is 386 g/mol. The predicted octanol–water partition coefficient (Wildman–Crippen LogP) is 6.14. The van der Waals surface area contributed by atoms with Crippen LogP contribution in [-0.4, -0.2) is 22.1 Å². The van der Waals surface area contributed by atoms with Gasteiger partial charge in [0.05, 0.1) is 18.2 Å². The van der Waals surface area contributed by atoms with Gasteiger partial charge in [0.15, 0.2) is 11.5 Å². The minimum Gasteiger partial charge on any atom is -0.497 e. The Bertz CT molecular complexity index is 1450. The topological polar surface area (TPSA) is 57.1 Å². The van der Waals surface area contributed by atoms with Gasteiger partial charge in [-0.3, -0.25) is 0 Å². The molecule has 6 rings (SSSR count). The van der Waals surface area contributed by atoms with E-state index in [4.69, 9.17) is 24.4 Å². The summed E-state index contributed by atoms with van der Waals surface area (Å²) in [5.41, 5.74) is 5.38. The first-order valence-electron chi connectivity index (χ1n) is 10.00. The van der Waals surface area contributed by atoms with Crippen molar-refractivity contribution >= 4 is 11.0 Å². The molecule has 148 valence electrons. The molecule has 31 heavy (non-hydrogen) atoms. The molecule has 1 aliphatic rings. The van der Waals surface area contributed by atoms with E-state index in [1.54, 1.807) is 7.11 Å². The minimum absolute atomic E-state index is 0.517. The Balaban J connectivity index is 1.66. The lowest BCUT2D eigenvalue weighted by Crippen LogP contribution is -2.04. The normalized spacial score (nSPS) is 11.6. The summed E-state index contributed by atoms with van der Waals surface area (Å²) in [7, 11) is 1.64. The molecule has 5 nitrogen and oxygen atoms in total. The molecule has 5 aromatic rings. The highest BCUT2D eigenvalue weighted by Crippen LogP contribution is 2.46. The maximum absolute atomic E-state index is 6.19. The molecule has 0 aliphatic carbocycles. The van der Waals surface area contributed by atoms with Crippen LogP contribution in [0.5, 0.6) is 17.4 Å². The molecular formula is C26H17N3O2. The fraction of sp³-hybridized carbons (Fsp3) is 0.0385. The van der Waals surface area contributed by atoms with Gasteiger partial charge < -0.3 is 9.47 Å². The third kappa shape index (κ3) is 2.90. The van der Waals surface area contributed by atoms with E-state index in [9.17, 15) is 0 Å². The number of para-hydroxylation sites is 1. The number of aromatic nitrogens is 3. The number of methoxy groups -OCH3 is 1. The molecule has 0 fully saturated rings. The van der Waals surface area contributed by atoms with Gasteiger partial charge in [0.1, 0.15) is 11.5 Å². The van der Waals surface area contributed by atoms with E-state index >= 15 is 0 Å². The summed E-state index contributed by atoms with van der Waals surface area (Å²) in [5.74, 6) is 2.58. The van der Waals surface area contributed by atoms with Gasteiger partial charge >= 0.3 is 0 Å². The number of rotatable bonds is 3. The van der Waals surface area contributed by atoms with Crippen molar-refractivity contribution in [1.82, 2.24) is 15.0 Å². The number of hydrogen-bond donors (Lipinski definition) is 0. The summed E-state index contributed by atoms with van der Waals surface area (Å²) in [6.45, 7) is 0. The molecule has 0 saturated carbocycles. The maximum atomic E-state index is 6.19. The Hall–Kier alpha value is -4.25. The molecule has 0 N–H and O–H groups in total. The highest BCUT2D eigenvalue weighted by molar-refractivity contribution is 6.02. The van der Waals surface area contributed by atoms with Gasteiger partial charge in [-0.1, -0.05) is 60.7 Å². The van der Waals surface area contributed by atoms with Gasteiger partial charge in [-0.2, -0.15) is 4.98 Å². The first kappa shape index (κ1) is 17.6. The zero-order valence-electron chi connectivity index (χ0n) is 16.7. The van der Waals surface area contributed by atoms with Crippen LogP contribution < -0.4 is 9.47 Å². The monoisotopic (exact) mass is 403 g/mol. The van der Waals surface area contributed by atoms with Gasteiger partial charge in [0, 0.05) is 22.3 Å². The molecule has 5 heteroatoms. The Kier molecular flexibility index (Phi) is 3.93. The lowest BCUT2D eigenvalue weighted by atomic mass is 9.97. The van der Waals surface area contributed by atoms with Crippen molar-refractivity contribution in [2.45, 2.75) is 0 Å². The van der Waals surface area contributed by atoms with Gasteiger partial charge in [-0.25, -0.2) is 9.97 Å². The zero-order valence-corrected chi connectivity index (χ0v) is 16.7. The van der Waals surface area contributed by atoms with Crippen molar-refractivity contribution < 1.29 is 9.47 Å². The fourth-order valence-corrected chi connectivity index (χ4v) is 3.92. The maximum Gasteiger partial charge on any atom is 0.233 e. The molecule has 0 amide bonds. The summed E-state index contributed by atoms with van der Waals surface area (Å²) in [5, 5.41) is 0.824. The average Bonchev–Trinajstić information content (AvgIpc) is 2.84. The fourth-order valence-electron chi connectivity index (χ4n) is 3.92. The molecule has 0 bridgehead atoms. The minimum atomic E-state index is 0.517. The molecule has 3 aromatic carbocycles. The largest absolute Gasteiger partial charge is 0.497 e. The Labute approximate surface area is 179 Å². The average molecular weight is 403 g/mol. The molecule has 0 atom stereocenters. The first-order valence-corrected chi connectivity index (χ1v) is 10.00. The van der Waals surface area contributed by atoms with Crippen LogP contribution in [0.25, 0.3) is 44.8 Å². The van der Waals surface area contributed by atoms with Crippen LogP contribution in [0.1, 0.15) is 0 Å². The first-order chi connectivity index (χ1) is 15.3. The Morgan fingerprint density at radius 1 is 0.710 bits per heavy atom. The van der Waals surface area contributed by atoms with Crippen LogP contribution in [-0.2, 0) is 0 Å². The lowest BCUT2D eigenvalue weighted by molar-refractivity contribution is 0.415. The van der Waals surface area contributed by atoms with Crippen molar-refractivity contribution in [2.24, 2.45) is 0 Å². The Morgan fingerprint density at radius 2 is 1.52 bits per heavy atom. The van der Waals surface area contributed by atoms with E-state index in [1.165, 1.54) is 0 Å². The molecule has 0 radical (unpaired) electrons. The number of ether oxygens (including phenoxy) is 2. The number of nitrogens with zero attached hydrogens (tertiary/aromatic N) is 3. The third-order valence-electron chi connectivity index (χ3n) is 5.41. The van der Waals surface area contributed by atoms with Crippen LogP contribution in [0.3, 0.4) is 0 Å². The number of hydrogen-bond acceptors (Lipinski definition) is 5. The molecule has 0 unspecified atom stereocenters. The summed E-state index contributed by atoms with van der Waals surface area (Å²) in [6.07, 6.45) is 0. The highest BCUT2D eigenvalue weighted by atomic mass is 16.5. The number of fused-ring (bicyclic) bond motifs is 2. The zero-order chi connectivity index (χ0) is 20.8. The second kappa shape index (κ2) is 6.92. The van der Waals surface area contributed by atoms with Gasteiger partial charge in [-0.05, 0) is 24.3 Å². The molecule has 3 heterocycles. The van der Waals surface area contributed by atoms with E-state index < -0.39 is 0 Å². The van der Waals surface area contributed by atoms with E-state index in [-0.39, 0.29) is 0 Å². The predicted molar refractivity (Wildman–Crippen MR) is 120 cm³/mol. The number of pyridine rings is 1. The van der Waals surface area contributed by atoms with E-state index in [1.807, 2.05) is 60.7 Å². The standard InChI is InChI=1S/C26H17N3O2/c1-30-18-11-7-10-17(14-18)24-28-25-23-20(15-21(27-25)16-8-3-2-4-9-16)19-12-5-6-13-22(19)31-26(23)29-24/h2-15H,1H3. The van der Waals surface area contributed by atoms with Gasteiger partial charge in [0.25, 0.3) is 0 Å². The van der Waals surface area contributed by atoms with Crippen molar-refractivity contribution in [1.29, 1.82) is 0 Å². The van der Waals surface area contributed by atoms with E-state index in [2.05, 4.69) is 24.3 Å². The lowest BCUT2D eigenvalue weighted by Gasteiger charge is -2.21. The summed E-state index contributed by atoms with van der Waals surface area (Å²) in [4.78, 5) is 14.5. The van der Waals surface area contributed by atoms with Crippen LogP contribution in [0, 0.1) is 0 Å². The van der Waals surface area contributed by atoms with Gasteiger partial charge in [-0.15, -0.1) is 0 Å². The quantitative estimate of drug-likeness (QED) is 0.355. The van der Waals surface area contributed by atoms with Crippen LogP contribution in [0.15, 0.2) is 84.9 Å². The third-order valence-corrected chi connectivity index (χ3v) is 5.41. The van der Waals surface area contributed by atoms with Crippen LogP contribution in [0.2, 0.25) is 0 Å². The van der Waals surface area contributed by atoms with Crippen molar-refractivity contribution in [3.63, 3.8) is 0 Å². The summed E-state index contributed by atoms with van der Waals surface area (Å²) < 4.78 is 11.6. The number of benzene rings is 3. The second-order valence-electron chi connectivity index (χ2n) is 7.30. The molecule has 0 saturated heterocycles. The SMILES string of the molecule is COc1cccc(-c2nc3c4c(cc(-c5ccccc5)nc4n2)-c2ccccc2O3)c1. The van der Waals surface area contributed by atoms with E-state index in [0.29, 0.717) is 17.4 Å². The Morgan fingerprint density at radius 3 is 2.39 bits per heavy atom. The smallest absolute Gasteiger partial charge is 0.233 e. The highest BCUT2D eigenvalue weighted by Gasteiger charge is 2.25. The van der Waals surface area contributed by atoms with E-state index in [0.717, 1.165) is 44.8 Å². The summed E-state index contributed by atoms with van der Waals surface area (Å²) in [6, 6.07) is 27.9. The summed E-state index contributed by atoms with van der Waals surface area (Å²) >= 11 is 0. The molecule has 2 aromatic heterocycles. The van der Waals surface area contributed by atoms with Crippen molar-refractivity contribution in [2.75, 3.05) is 7.11 Å². The van der Waals surface area contributed by atoms with Crippen LogP contribution >= 0.6 is 0 Å². The van der Waals surface area contributed by atoms with Gasteiger partial charge in [0.2, 0.25) is 5.88 Å². The molecule has 1 aliphatic heterocycles. The second-order valence-corrected chi connectivity index (χ2v) is 7.30. The van der Waals surface area contributed by atoms with Crippen molar-refractivity contribution in [3.05, 3.63) is 84.9 Å².